The van der Waals surface area contributed by atoms with Gasteiger partial charge in [0.1, 0.15) is 5.60 Å². The van der Waals surface area contributed by atoms with Crippen molar-refractivity contribution < 1.29 is 14.3 Å². The van der Waals surface area contributed by atoms with E-state index in [1.54, 1.807) is 0 Å². The van der Waals surface area contributed by atoms with Crippen molar-refractivity contribution in [2.24, 2.45) is 0 Å². The van der Waals surface area contributed by atoms with Crippen LogP contribution in [0.15, 0.2) is 30.3 Å². The molecule has 23 heavy (non-hydrogen) atoms. The van der Waals surface area contributed by atoms with E-state index >= 15 is 0 Å². The molecule has 0 bridgehead atoms. The summed E-state index contributed by atoms with van der Waals surface area (Å²) in [5.41, 5.74) is 0.696. The molecule has 0 saturated carbocycles. The van der Waals surface area contributed by atoms with E-state index in [9.17, 15) is 9.59 Å². The lowest BCUT2D eigenvalue weighted by Crippen LogP contribution is -2.35. The third-order valence-corrected chi connectivity index (χ3v) is 3.06. The van der Waals surface area contributed by atoms with E-state index in [1.807, 2.05) is 58.0 Å². The van der Waals surface area contributed by atoms with Crippen LogP contribution < -0.4 is 10.6 Å². The van der Waals surface area contributed by atoms with E-state index in [0.29, 0.717) is 13.0 Å². The van der Waals surface area contributed by atoms with Gasteiger partial charge in [0.05, 0.1) is 6.42 Å². The highest BCUT2D eigenvalue weighted by molar-refractivity contribution is 5.77. The van der Waals surface area contributed by atoms with Crippen LogP contribution in [0.25, 0.3) is 0 Å². The SMILES string of the molecule is CC(CC(=O)NCCC(=O)OC(C)(C)C)NCc1ccccc1. The number of benzene rings is 1. The third kappa shape index (κ3) is 9.68. The molecule has 0 aromatic heterocycles. The number of amides is 1. The van der Waals surface area contributed by atoms with Gasteiger partial charge >= 0.3 is 5.97 Å². The molecule has 0 aliphatic carbocycles. The molecule has 0 fully saturated rings. The summed E-state index contributed by atoms with van der Waals surface area (Å²) >= 11 is 0. The van der Waals surface area contributed by atoms with Gasteiger partial charge in [0, 0.05) is 25.6 Å². The molecular weight excluding hydrogens is 292 g/mol. The van der Waals surface area contributed by atoms with E-state index in [-0.39, 0.29) is 24.3 Å². The first-order chi connectivity index (χ1) is 10.8. The second-order valence-corrected chi connectivity index (χ2v) is 6.66. The lowest BCUT2D eigenvalue weighted by Gasteiger charge is -2.19. The molecule has 1 atom stereocenters. The molecule has 1 rings (SSSR count). The number of rotatable bonds is 8. The lowest BCUT2D eigenvalue weighted by molar-refractivity contribution is -0.154. The lowest BCUT2D eigenvalue weighted by atomic mass is 10.2. The van der Waals surface area contributed by atoms with Gasteiger partial charge < -0.3 is 15.4 Å². The van der Waals surface area contributed by atoms with Crippen LogP contribution in [0.4, 0.5) is 0 Å². The number of hydrogen-bond acceptors (Lipinski definition) is 4. The summed E-state index contributed by atoms with van der Waals surface area (Å²) in [6, 6.07) is 10.1. The molecule has 0 aliphatic heterocycles. The van der Waals surface area contributed by atoms with Gasteiger partial charge in [0.2, 0.25) is 5.91 Å². The van der Waals surface area contributed by atoms with Gasteiger partial charge in [-0.3, -0.25) is 9.59 Å². The quantitative estimate of drug-likeness (QED) is 0.722. The Labute approximate surface area is 138 Å². The van der Waals surface area contributed by atoms with Gasteiger partial charge in [0.25, 0.3) is 0 Å². The highest BCUT2D eigenvalue weighted by Crippen LogP contribution is 2.07. The van der Waals surface area contributed by atoms with Crippen LogP contribution in [-0.2, 0) is 20.9 Å². The first-order valence-corrected chi connectivity index (χ1v) is 8.02. The van der Waals surface area contributed by atoms with Crippen molar-refractivity contribution in [3.05, 3.63) is 35.9 Å². The van der Waals surface area contributed by atoms with Gasteiger partial charge in [-0.25, -0.2) is 0 Å². The molecule has 0 spiro atoms. The largest absolute Gasteiger partial charge is 0.460 e. The highest BCUT2D eigenvalue weighted by Gasteiger charge is 2.16. The Morgan fingerprint density at radius 3 is 2.43 bits per heavy atom. The van der Waals surface area contributed by atoms with E-state index in [1.165, 1.54) is 5.56 Å². The average molecular weight is 320 g/mol. The fourth-order valence-corrected chi connectivity index (χ4v) is 2.01. The standard InChI is InChI=1S/C18H28N2O3/c1-14(20-13-15-8-6-5-7-9-15)12-16(21)19-11-10-17(22)23-18(2,3)4/h5-9,14,20H,10-13H2,1-4H3,(H,19,21). The van der Waals surface area contributed by atoms with E-state index in [0.717, 1.165) is 6.54 Å². The Morgan fingerprint density at radius 2 is 1.83 bits per heavy atom. The third-order valence-electron chi connectivity index (χ3n) is 3.06. The second kappa shape index (κ2) is 9.30. The summed E-state index contributed by atoms with van der Waals surface area (Å²) in [5, 5.41) is 6.06. The van der Waals surface area contributed by atoms with Crippen molar-refractivity contribution in [1.29, 1.82) is 0 Å². The molecule has 0 heterocycles. The van der Waals surface area contributed by atoms with Crippen molar-refractivity contribution in [1.82, 2.24) is 10.6 Å². The Balaban J connectivity index is 2.17. The van der Waals surface area contributed by atoms with Crippen molar-refractivity contribution in [3.63, 3.8) is 0 Å². The predicted octanol–water partition coefficient (Wildman–Crippen LogP) is 2.40. The normalized spacial score (nSPS) is 12.5. The maximum absolute atomic E-state index is 11.8. The molecule has 128 valence electrons. The van der Waals surface area contributed by atoms with Crippen LogP contribution >= 0.6 is 0 Å². The number of carbonyl (C=O) groups excluding carboxylic acids is 2. The number of nitrogens with one attached hydrogen (secondary N) is 2. The fourth-order valence-electron chi connectivity index (χ4n) is 2.01. The molecule has 1 unspecified atom stereocenters. The number of esters is 1. The van der Waals surface area contributed by atoms with Gasteiger partial charge in [-0.1, -0.05) is 30.3 Å². The monoisotopic (exact) mass is 320 g/mol. The van der Waals surface area contributed by atoms with E-state index < -0.39 is 5.60 Å². The van der Waals surface area contributed by atoms with Gasteiger partial charge in [-0.05, 0) is 33.3 Å². The number of ether oxygens (including phenoxy) is 1. The Kier molecular flexibility index (Phi) is 7.75. The topological polar surface area (TPSA) is 67.4 Å². The highest BCUT2D eigenvalue weighted by atomic mass is 16.6. The summed E-state index contributed by atoms with van der Waals surface area (Å²) in [6.07, 6.45) is 0.565. The van der Waals surface area contributed by atoms with Crippen LogP contribution in [0.2, 0.25) is 0 Å². The van der Waals surface area contributed by atoms with Crippen molar-refractivity contribution in [2.45, 2.75) is 58.7 Å². The molecule has 5 heteroatoms. The van der Waals surface area contributed by atoms with Crippen LogP contribution in [0.3, 0.4) is 0 Å². The minimum atomic E-state index is -0.489. The van der Waals surface area contributed by atoms with Crippen LogP contribution in [-0.4, -0.2) is 30.1 Å². The minimum absolute atomic E-state index is 0.0664. The minimum Gasteiger partial charge on any atom is -0.460 e. The van der Waals surface area contributed by atoms with Crippen LogP contribution in [0.5, 0.6) is 0 Å². The Bertz CT molecular complexity index is 495. The Hall–Kier alpha value is -1.88. The van der Waals surface area contributed by atoms with E-state index in [2.05, 4.69) is 10.6 Å². The van der Waals surface area contributed by atoms with Gasteiger partial charge in [-0.2, -0.15) is 0 Å². The molecule has 0 radical (unpaired) electrons. The maximum Gasteiger partial charge on any atom is 0.308 e. The zero-order valence-corrected chi connectivity index (χ0v) is 14.5. The molecule has 0 saturated heterocycles. The maximum atomic E-state index is 11.8. The molecule has 1 aromatic carbocycles. The molecular formula is C18H28N2O3. The first kappa shape index (κ1) is 19.2. The average Bonchev–Trinajstić information content (AvgIpc) is 2.44. The van der Waals surface area contributed by atoms with Crippen molar-refractivity contribution in [2.75, 3.05) is 6.54 Å². The predicted molar refractivity (Wildman–Crippen MR) is 90.8 cm³/mol. The zero-order chi connectivity index (χ0) is 17.3. The Morgan fingerprint density at radius 1 is 1.17 bits per heavy atom. The fraction of sp³-hybridized carbons (Fsp3) is 0.556. The summed E-state index contributed by atoms with van der Waals surface area (Å²) in [4.78, 5) is 23.4. The zero-order valence-electron chi connectivity index (χ0n) is 14.5. The first-order valence-electron chi connectivity index (χ1n) is 8.02. The van der Waals surface area contributed by atoms with Gasteiger partial charge in [-0.15, -0.1) is 0 Å². The second-order valence-electron chi connectivity index (χ2n) is 6.66. The van der Waals surface area contributed by atoms with Crippen LogP contribution in [0, 0.1) is 0 Å². The van der Waals surface area contributed by atoms with E-state index in [4.69, 9.17) is 4.74 Å². The summed E-state index contributed by atoms with van der Waals surface area (Å²) in [7, 11) is 0. The van der Waals surface area contributed by atoms with Crippen molar-refractivity contribution in [3.8, 4) is 0 Å². The molecule has 2 N–H and O–H groups in total. The summed E-state index contributed by atoms with van der Waals surface area (Å²) in [5.74, 6) is -0.366. The molecule has 1 amide bonds. The molecule has 5 nitrogen and oxygen atoms in total. The summed E-state index contributed by atoms with van der Waals surface area (Å²) < 4.78 is 5.19. The van der Waals surface area contributed by atoms with Crippen LogP contribution in [0.1, 0.15) is 46.1 Å². The number of carbonyl (C=O) groups is 2. The molecule has 0 aliphatic rings. The van der Waals surface area contributed by atoms with Gasteiger partial charge in [0.15, 0.2) is 0 Å². The smallest absolute Gasteiger partial charge is 0.308 e. The summed E-state index contributed by atoms with van der Waals surface area (Å²) in [6.45, 7) is 8.47. The number of hydrogen-bond donors (Lipinski definition) is 2. The van der Waals surface area contributed by atoms with Crippen molar-refractivity contribution >= 4 is 11.9 Å². The molecule has 1 aromatic rings.